The first-order valence-electron chi connectivity index (χ1n) is 6.91. The molecule has 0 aromatic carbocycles. The van der Waals surface area contributed by atoms with Crippen molar-refractivity contribution in [2.75, 3.05) is 30.3 Å². The maximum atomic E-state index is 8.84. The molecule has 2 aromatic rings. The summed E-state index contributed by atoms with van der Waals surface area (Å²) in [6.45, 7) is 1.86. The third-order valence-electron chi connectivity index (χ3n) is 3.34. The zero-order valence-electron chi connectivity index (χ0n) is 11.1. The van der Waals surface area contributed by atoms with E-state index in [1.165, 1.54) is 12.8 Å². The van der Waals surface area contributed by atoms with Crippen molar-refractivity contribution >= 4 is 33.2 Å². The average molecular weight is 340 g/mol. The van der Waals surface area contributed by atoms with E-state index in [0.29, 0.717) is 13.0 Å². The van der Waals surface area contributed by atoms with Crippen molar-refractivity contribution in [2.45, 2.75) is 19.3 Å². The highest BCUT2D eigenvalue weighted by Gasteiger charge is 2.21. The van der Waals surface area contributed by atoms with Crippen LogP contribution in [0.1, 0.15) is 19.3 Å². The van der Waals surface area contributed by atoms with Crippen LogP contribution in [-0.2, 0) is 0 Å². The smallest absolute Gasteiger partial charge is 0.173 e. The standard InChI is InChI=1S/C13H18BrN5O/c14-10-8-17-19-12(16-7-9-2-3-9)6-11(18-13(10)19)15-4-1-5-20/h6,8-9,16,20H,1-5,7H2,(H,15,18). The molecule has 0 saturated heterocycles. The maximum absolute atomic E-state index is 8.84. The molecule has 0 spiro atoms. The SMILES string of the molecule is OCCCNc1cc(NCC2CC2)n2ncc(Br)c2n1. The van der Waals surface area contributed by atoms with Crippen LogP contribution in [0.25, 0.3) is 5.65 Å². The van der Waals surface area contributed by atoms with Gasteiger partial charge in [-0.3, -0.25) is 0 Å². The topological polar surface area (TPSA) is 74.5 Å². The molecule has 0 amide bonds. The number of aliphatic hydroxyl groups excluding tert-OH is 1. The number of aromatic nitrogens is 3. The highest BCUT2D eigenvalue weighted by molar-refractivity contribution is 9.10. The molecule has 1 fully saturated rings. The van der Waals surface area contributed by atoms with Gasteiger partial charge in [0.25, 0.3) is 0 Å². The van der Waals surface area contributed by atoms with Gasteiger partial charge in [-0.25, -0.2) is 4.98 Å². The van der Waals surface area contributed by atoms with E-state index >= 15 is 0 Å². The first kappa shape index (κ1) is 13.6. The largest absolute Gasteiger partial charge is 0.396 e. The summed E-state index contributed by atoms with van der Waals surface area (Å²) in [7, 11) is 0. The molecular formula is C13H18BrN5O. The molecule has 1 aliphatic carbocycles. The van der Waals surface area contributed by atoms with E-state index in [4.69, 9.17) is 5.11 Å². The highest BCUT2D eigenvalue weighted by Crippen LogP contribution is 2.29. The van der Waals surface area contributed by atoms with E-state index in [1.54, 1.807) is 6.20 Å². The highest BCUT2D eigenvalue weighted by atomic mass is 79.9. The molecule has 6 nitrogen and oxygen atoms in total. The van der Waals surface area contributed by atoms with Crippen LogP contribution in [0.15, 0.2) is 16.7 Å². The first-order valence-corrected chi connectivity index (χ1v) is 7.70. The Kier molecular flexibility index (Phi) is 4.07. The molecule has 7 heteroatoms. The number of fused-ring (bicyclic) bond motifs is 1. The molecule has 0 bridgehead atoms. The Balaban J connectivity index is 1.84. The second kappa shape index (κ2) is 5.97. The summed E-state index contributed by atoms with van der Waals surface area (Å²) >= 11 is 3.47. The van der Waals surface area contributed by atoms with E-state index in [0.717, 1.165) is 34.2 Å². The van der Waals surface area contributed by atoms with Gasteiger partial charge < -0.3 is 15.7 Å². The molecular weight excluding hydrogens is 322 g/mol. The molecule has 1 saturated carbocycles. The third-order valence-corrected chi connectivity index (χ3v) is 3.90. The van der Waals surface area contributed by atoms with Crippen molar-refractivity contribution in [3.8, 4) is 0 Å². The number of rotatable bonds is 7. The van der Waals surface area contributed by atoms with Crippen molar-refractivity contribution in [1.29, 1.82) is 0 Å². The monoisotopic (exact) mass is 339 g/mol. The number of anilines is 2. The number of hydrogen-bond donors (Lipinski definition) is 3. The molecule has 2 heterocycles. The normalized spacial score (nSPS) is 14.7. The summed E-state index contributed by atoms with van der Waals surface area (Å²) in [4.78, 5) is 4.53. The molecule has 0 unspecified atom stereocenters. The predicted molar refractivity (Wildman–Crippen MR) is 82.1 cm³/mol. The van der Waals surface area contributed by atoms with Gasteiger partial charge in [0, 0.05) is 25.8 Å². The fraction of sp³-hybridized carbons (Fsp3) is 0.538. The van der Waals surface area contributed by atoms with E-state index in [9.17, 15) is 0 Å². The minimum atomic E-state index is 0.179. The number of nitrogens with one attached hydrogen (secondary N) is 2. The Morgan fingerprint density at radius 2 is 2.25 bits per heavy atom. The van der Waals surface area contributed by atoms with Gasteiger partial charge in [0.15, 0.2) is 5.65 Å². The van der Waals surface area contributed by atoms with E-state index in [-0.39, 0.29) is 6.61 Å². The van der Waals surface area contributed by atoms with E-state index in [2.05, 4.69) is 36.6 Å². The van der Waals surface area contributed by atoms with Crippen molar-refractivity contribution in [1.82, 2.24) is 14.6 Å². The Hall–Kier alpha value is -1.34. The van der Waals surface area contributed by atoms with Crippen LogP contribution in [-0.4, -0.2) is 39.4 Å². The molecule has 0 radical (unpaired) electrons. The van der Waals surface area contributed by atoms with Crippen LogP contribution in [0.2, 0.25) is 0 Å². The summed E-state index contributed by atoms with van der Waals surface area (Å²) in [5.41, 5.74) is 0.789. The number of halogens is 1. The van der Waals surface area contributed by atoms with Crippen LogP contribution in [0.3, 0.4) is 0 Å². The number of nitrogens with zero attached hydrogens (tertiary/aromatic N) is 3. The summed E-state index contributed by atoms with van der Waals surface area (Å²) in [5, 5.41) is 19.8. The first-order chi connectivity index (χ1) is 9.78. The molecule has 108 valence electrons. The van der Waals surface area contributed by atoms with E-state index < -0.39 is 0 Å². The van der Waals surface area contributed by atoms with Crippen molar-refractivity contribution in [3.63, 3.8) is 0 Å². The van der Waals surface area contributed by atoms with Gasteiger partial charge >= 0.3 is 0 Å². The quantitative estimate of drug-likeness (QED) is 0.673. The Morgan fingerprint density at radius 3 is 3.00 bits per heavy atom. The minimum absolute atomic E-state index is 0.179. The van der Waals surface area contributed by atoms with Gasteiger partial charge in [0.05, 0.1) is 10.7 Å². The van der Waals surface area contributed by atoms with Gasteiger partial charge in [-0.2, -0.15) is 9.61 Å². The predicted octanol–water partition coefficient (Wildman–Crippen LogP) is 2.11. The third kappa shape index (κ3) is 3.04. The Morgan fingerprint density at radius 1 is 1.40 bits per heavy atom. The maximum Gasteiger partial charge on any atom is 0.173 e. The lowest BCUT2D eigenvalue weighted by Crippen LogP contribution is -2.11. The van der Waals surface area contributed by atoms with E-state index in [1.807, 2.05) is 10.6 Å². The van der Waals surface area contributed by atoms with Crippen LogP contribution in [0.5, 0.6) is 0 Å². The zero-order valence-corrected chi connectivity index (χ0v) is 12.7. The van der Waals surface area contributed by atoms with Crippen molar-refractivity contribution in [3.05, 3.63) is 16.7 Å². The fourth-order valence-electron chi connectivity index (χ4n) is 2.02. The van der Waals surface area contributed by atoms with Gasteiger partial charge in [0.2, 0.25) is 0 Å². The molecule has 0 aliphatic heterocycles. The van der Waals surface area contributed by atoms with Crippen molar-refractivity contribution < 1.29 is 5.11 Å². The second-order valence-electron chi connectivity index (χ2n) is 5.08. The van der Waals surface area contributed by atoms with Crippen LogP contribution in [0.4, 0.5) is 11.6 Å². The Labute approximate surface area is 125 Å². The van der Waals surface area contributed by atoms with Gasteiger partial charge in [0.1, 0.15) is 11.6 Å². The zero-order chi connectivity index (χ0) is 13.9. The van der Waals surface area contributed by atoms with Crippen LogP contribution in [0, 0.1) is 5.92 Å². The van der Waals surface area contributed by atoms with Crippen LogP contribution < -0.4 is 10.6 Å². The number of hydrogen-bond acceptors (Lipinski definition) is 5. The molecule has 3 rings (SSSR count). The molecule has 20 heavy (non-hydrogen) atoms. The lowest BCUT2D eigenvalue weighted by molar-refractivity contribution is 0.292. The summed E-state index contributed by atoms with van der Waals surface area (Å²) in [6, 6.07) is 1.96. The lowest BCUT2D eigenvalue weighted by atomic mass is 10.4. The van der Waals surface area contributed by atoms with Gasteiger partial charge in [-0.1, -0.05) is 0 Å². The fourth-order valence-corrected chi connectivity index (χ4v) is 2.37. The van der Waals surface area contributed by atoms with Crippen molar-refractivity contribution in [2.24, 2.45) is 5.92 Å². The lowest BCUT2D eigenvalue weighted by Gasteiger charge is -2.11. The van der Waals surface area contributed by atoms with Gasteiger partial charge in [-0.05, 0) is 41.1 Å². The Bertz CT molecular complexity index is 596. The minimum Gasteiger partial charge on any atom is -0.396 e. The molecule has 1 aliphatic rings. The van der Waals surface area contributed by atoms with Crippen LogP contribution >= 0.6 is 15.9 Å². The van der Waals surface area contributed by atoms with Gasteiger partial charge in [-0.15, -0.1) is 0 Å². The summed E-state index contributed by atoms with van der Waals surface area (Å²) in [5.74, 6) is 2.53. The second-order valence-corrected chi connectivity index (χ2v) is 5.94. The number of aliphatic hydroxyl groups is 1. The summed E-state index contributed by atoms with van der Waals surface area (Å²) in [6.07, 6.45) is 5.08. The molecule has 0 atom stereocenters. The molecule has 2 aromatic heterocycles. The molecule has 3 N–H and O–H groups in total. The summed E-state index contributed by atoms with van der Waals surface area (Å²) < 4.78 is 2.68. The average Bonchev–Trinajstić information content (AvgIpc) is 3.21.